The van der Waals surface area contributed by atoms with Gasteiger partial charge in [0.2, 0.25) is 5.91 Å². The summed E-state index contributed by atoms with van der Waals surface area (Å²) in [4.78, 5) is 18.4. The predicted octanol–water partition coefficient (Wildman–Crippen LogP) is 1.09. The van der Waals surface area contributed by atoms with Gasteiger partial charge in [-0.05, 0) is 32.3 Å². The third-order valence-corrected chi connectivity index (χ3v) is 3.47. The molecular weight excluding hydrogens is 238 g/mol. The quantitative estimate of drug-likeness (QED) is 0.811. The lowest BCUT2D eigenvalue weighted by Crippen LogP contribution is -2.49. The number of rotatable bonds is 4. The highest BCUT2D eigenvalue weighted by Gasteiger charge is 2.20. The van der Waals surface area contributed by atoms with Gasteiger partial charge in [-0.1, -0.05) is 12.1 Å². The Balaban J connectivity index is 1.81. The van der Waals surface area contributed by atoms with Crippen LogP contribution in [0.4, 0.5) is 5.69 Å². The van der Waals surface area contributed by atoms with Gasteiger partial charge in [0.1, 0.15) is 0 Å². The van der Waals surface area contributed by atoms with Crippen molar-refractivity contribution in [2.75, 3.05) is 51.7 Å². The van der Waals surface area contributed by atoms with Crippen LogP contribution in [0, 0.1) is 6.07 Å². The van der Waals surface area contributed by atoms with E-state index >= 15 is 0 Å². The summed E-state index contributed by atoms with van der Waals surface area (Å²) in [5.41, 5.74) is 1.22. The molecule has 1 heterocycles. The van der Waals surface area contributed by atoms with Gasteiger partial charge in [0.05, 0.1) is 0 Å². The van der Waals surface area contributed by atoms with Crippen LogP contribution >= 0.6 is 0 Å². The lowest BCUT2D eigenvalue weighted by molar-refractivity contribution is -0.131. The zero-order chi connectivity index (χ0) is 13.7. The Morgan fingerprint density at radius 3 is 2.42 bits per heavy atom. The van der Waals surface area contributed by atoms with Crippen molar-refractivity contribution in [3.63, 3.8) is 0 Å². The molecule has 1 radical (unpaired) electrons. The maximum absolute atomic E-state index is 12.0. The van der Waals surface area contributed by atoms with E-state index in [4.69, 9.17) is 0 Å². The molecule has 1 saturated heterocycles. The van der Waals surface area contributed by atoms with Crippen LogP contribution in [0.2, 0.25) is 0 Å². The normalized spacial score (nSPS) is 15.9. The van der Waals surface area contributed by atoms with E-state index in [9.17, 15) is 4.79 Å². The van der Waals surface area contributed by atoms with Crippen molar-refractivity contribution in [2.45, 2.75) is 6.42 Å². The summed E-state index contributed by atoms with van der Waals surface area (Å²) in [5, 5.41) is 0. The standard InChI is InChI=1S/C15H22N3O/c1-16(2)9-8-15(19)18-12-10-17(11-13-18)14-6-4-3-5-7-14/h4-7H,8-13H2,1-2H3. The van der Waals surface area contributed by atoms with Crippen LogP contribution < -0.4 is 4.90 Å². The largest absolute Gasteiger partial charge is 0.368 e. The molecule has 103 valence electrons. The van der Waals surface area contributed by atoms with E-state index in [-0.39, 0.29) is 5.91 Å². The second-order valence-electron chi connectivity index (χ2n) is 5.18. The third-order valence-electron chi connectivity index (χ3n) is 3.47. The molecular formula is C15H22N3O. The number of benzene rings is 1. The summed E-state index contributed by atoms with van der Waals surface area (Å²) >= 11 is 0. The molecule has 0 aromatic heterocycles. The molecule has 19 heavy (non-hydrogen) atoms. The molecule has 0 unspecified atom stereocenters. The van der Waals surface area contributed by atoms with Crippen molar-refractivity contribution in [3.8, 4) is 0 Å². The second kappa shape index (κ2) is 6.57. The van der Waals surface area contributed by atoms with E-state index in [1.54, 1.807) is 0 Å². The number of hydrogen-bond donors (Lipinski definition) is 0. The summed E-state index contributed by atoms with van der Waals surface area (Å²) in [6.07, 6.45) is 0.618. The van der Waals surface area contributed by atoms with Gasteiger partial charge in [0.15, 0.2) is 0 Å². The number of anilines is 1. The number of nitrogens with zero attached hydrogens (tertiary/aromatic N) is 3. The van der Waals surface area contributed by atoms with Crippen LogP contribution in [-0.4, -0.2) is 62.5 Å². The molecule has 4 heteroatoms. The third kappa shape index (κ3) is 3.96. The van der Waals surface area contributed by atoms with Crippen molar-refractivity contribution in [1.82, 2.24) is 9.80 Å². The van der Waals surface area contributed by atoms with Gasteiger partial charge in [-0.2, -0.15) is 0 Å². The minimum Gasteiger partial charge on any atom is -0.368 e. The monoisotopic (exact) mass is 260 g/mol. The van der Waals surface area contributed by atoms with Crippen molar-refractivity contribution in [3.05, 3.63) is 30.3 Å². The summed E-state index contributed by atoms with van der Waals surface area (Å²) < 4.78 is 0. The highest BCUT2D eigenvalue weighted by Crippen LogP contribution is 2.15. The zero-order valence-electron chi connectivity index (χ0n) is 11.8. The molecule has 1 aromatic rings. The molecule has 0 bridgehead atoms. The molecule has 0 spiro atoms. The Bertz CT molecular complexity index is 397. The smallest absolute Gasteiger partial charge is 0.223 e. The Hall–Kier alpha value is -1.55. The Morgan fingerprint density at radius 2 is 1.84 bits per heavy atom. The summed E-state index contributed by atoms with van der Waals surface area (Å²) in [6.45, 7) is 4.30. The van der Waals surface area contributed by atoms with Crippen LogP contribution in [0.25, 0.3) is 0 Å². The molecule has 0 saturated carbocycles. The number of carbonyl (C=O) groups excluding carboxylic acids is 1. The van der Waals surface area contributed by atoms with E-state index in [0.29, 0.717) is 6.42 Å². The maximum Gasteiger partial charge on any atom is 0.223 e. The van der Waals surface area contributed by atoms with Gasteiger partial charge in [0, 0.05) is 44.8 Å². The first kappa shape index (κ1) is 13.9. The number of piperazine rings is 1. The highest BCUT2D eigenvalue weighted by atomic mass is 16.2. The van der Waals surface area contributed by atoms with E-state index in [1.807, 2.05) is 31.1 Å². The van der Waals surface area contributed by atoms with Gasteiger partial charge in [-0.3, -0.25) is 4.79 Å². The van der Waals surface area contributed by atoms with E-state index < -0.39 is 0 Å². The fraction of sp³-hybridized carbons (Fsp3) is 0.533. The summed E-state index contributed by atoms with van der Waals surface area (Å²) in [7, 11) is 4.00. The molecule has 1 fully saturated rings. The SMILES string of the molecule is CN(C)CCC(=O)N1CCN(c2cc[c]cc2)CC1. The summed E-state index contributed by atoms with van der Waals surface area (Å²) in [6, 6.07) is 11.0. The van der Waals surface area contributed by atoms with Gasteiger partial charge >= 0.3 is 0 Å². The molecule has 1 amide bonds. The minimum atomic E-state index is 0.273. The predicted molar refractivity (Wildman–Crippen MR) is 77.2 cm³/mol. The van der Waals surface area contributed by atoms with Crippen LogP contribution in [0.3, 0.4) is 0 Å². The molecule has 0 N–H and O–H groups in total. The van der Waals surface area contributed by atoms with Gasteiger partial charge < -0.3 is 14.7 Å². The van der Waals surface area contributed by atoms with Gasteiger partial charge in [-0.15, -0.1) is 0 Å². The van der Waals surface area contributed by atoms with Gasteiger partial charge in [0.25, 0.3) is 0 Å². The zero-order valence-corrected chi connectivity index (χ0v) is 11.8. The first-order valence-corrected chi connectivity index (χ1v) is 6.80. The van der Waals surface area contributed by atoms with Gasteiger partial charge in [-0.25, -0.2) is 0 Å². The molecule has 1 aromatic carbocycles. The van der Waals surface area contributed by atoms with Crippen molar-refractivity contribution in [2.24, 2.45) is 0 Å². The number of hydrogen-bond acceptors (Lipinski definition) is 3. The molecule has 1 aliphatic heterocycles. The van der Waals surface area contributed by atoms with E-state index in [1.165, 1.54) is 5.69 Å². The number of carbonyl (C=O) groups is 1. The first-order chi connectivity index (χ1) is 9.16. The number of amides is 1. The Labute approximate surface area is 115 Å². The van der Waals surface area contributed by atoms with Crippen LogP contribution in [0.5, 0.6) is 0 Å². The van der Waals surface area contributed by atoms with Crippen LogP contribution in [0.15, 0.2) is 24.3 Å². The Morgan fingerprint density at radius 1 is 1.21 bits per heavy atom. The lowest BCUT2D eigenvalue weighted by atomic mass is 10.2. The topological polar surface area (TPSA) is 26.8 Å². The second-order valence-corrected chi connectivity index (χ2v) is 5.18. The van der Waals surface area contributed by atoms with Crippen molar-refractivity contribution >= 4 is 11.6 Å². The molecule has 0 aliphatic carbocycles. The van der Waals surface area contributed by atoms with Crippen LogP contribution in [-0.2, 0) is 4.79 Å². The average Bonchev–Trinajstić information content (AvgIpc) is 2.46. The average molecular weight is 260 g/mol. The van der Waals surface area contributed by atoms with Crippen molar-refractivity contribution < 1.29 is 4.79 Å². The first-order valence-electron chi connectivity index (χ1n) is 6.80. The molecule has 2 rings (SSSR count). The van der Waals surface area contributed by atoms with E-state index in [0.717, 1.165) is 32.7 Å². The Kier molecular flexibility index (Phi) is 4.80. The highest BCUT2D eigenvalue weighted by molar-refractivity contribution is 5.76. The lowest BCUT2D eigenvalue weighted by Gasteiger charge is -2.36. The van der Waals surface area contributed by atoms with Crippen molar-refractivity contribution in [1.29, 1.82) is 0 Å². The summed E-state index contributed by atoms with van der Waals surface area (Å²) in [5.74, 6) is 0.273. The fourth-order valence-corrected chi connectivity index (χ4v) is 2.28. The fourth-order valence-electron chi connectivity index (χ4n) is 2.28. The minimum absolute atomic E-state index is 0.273. The molecule has 0 atom stereocenters. The van der Waals surface area contributed by atoms with E-state index in [2.05, 4.69) is 28.0 Å². The maximum atomic E-state index is 12.0. The molecule has 4 nitrogen and oxygen atoms in total. The van der Waals surface area contributed by atoms with Crippen LogP contribution in [0.1, 0.15) is 6.42 Å². The molecule has 1 aliphatic rings.